The van der Waals surface area contributed by atoms with Gasteiger partial charge in [-0.2, -0.15) is 0 Å². The molecular weight excluding hydrogens is 1020 g/mol. The Morgan fingerprint density at radius 3 is 1.39 bits per heavy atom. The highest BCUT2D eigenvalue weighted by Crippen LogP contribution is 2.55. The minimum atomic E-state index is -0.0740. The smallest absolute Gasteiger partial charge is 0.254 e. The zero-order valence-electron chi connectivity index (χ0n) is 53.3. The standard InChI is InChI=1S/C78H88BN3S/c1-72(2,3)50-25-33-55(34-26-50)80(56-35-27-51(28-36-56)73(4,5)6)58-45-66-70-67(46-58)82(64-39-31-53(75(10,11)12)43-59(64)49-23-21-20-22-24-49)71-69(60-44-54(76(13,14)15)32-40-68(60)83-71)79(70)63-47-61-62(78(18,19)42-41-77(61,16)17)48-65(63)81(66)57-37-29-52(30-38-57)74(7,8)9/h20-40,43-48H,41-42H2,1-19H3. The van der Waals surface area contributed by atoms with Crippen molar-refractivity contribution in [2.24, 2.45) is 0 Å². The summed E-state index contributed by atoms with van der Waals surface area (Å²) in [4.78, 5) is 7.93. The van der Waals surface area contributed by atoms with E-state index in [0.29, 0.717) is 0 Å². The van der Waals surface area contributed by atoms with Crippen LogP contribution in [0.1, 0.15) is 183 Å². The first-order valence-electron chi connectivity index (χ1n) is 30.7. The molecular formula is C78H88BN3S. The molecule has 8 aromatic carbocycles. The molecule has 83 heavy (non-hydrogen) atoms. The molecule has 0 unspecified atom stereocenters. The first-order chi connectivity index (χ1) is 38.8. The third kappa shape index (κ3) is 9.85. The fourth-order valence-electron chi connectivity index (χ4n) is 13.5. The Kier molecular flexibility index (Phi) is 13.2. The molecule has 1 aliphatic carbocycles. The minimum Gasteiger partial charge on any atom is -0.311 e. The van der Waals surface area contributed by atoms with Crippen LogP contribution >= 0.6 is 11.3 Å². The van der Waals surface area contributed by atoms with Gasteiger partial charge in [0.1, 0.15) is 0 Å². The van der Waals surface area contributed by atoms with E-state index in [1.807, 2.05) is 11.3 Å². The summed E-state index contributed by atoms with van der Waals surface area (Å²) in [5.41, 5.74) is 25.4. The van der Waals surface area contributed by atoms with Crippen molar-refractivity contribution in [2.75, 3.05) is 14.7 Å². The molecule has 0 saturated carbocycles. The average molecular weight is 1110 g/mol. The summed E-state index contributed by atoms with van der Waals surface area (Å²) in [7, 11) is 0. The molecule has 0 saturated heterocycles. The van der Waals surface area contributed by atoms with Crippen LogP contribution in [0.5, 0.6) is 0 Å². The lowest BCUT2D eigenvalue weighted by molar-refractivity contribution is 0.332. The zero-order chi connectivity index (χ0) is 59.3. The molecule has 9 aromatic rings. The Bertz CT molecular complexity index is 3920. The summed E-state index contributed by atoms with van der Waals surface area (Å²) in [5.74, 6) is 0. The van der Waals surface area contributed by atoms with Gasteiger partial charge >= 0.3 is 0 Å². The van der Waals surface area contributed by atoms with Gasteiger partial charge in [0.15, 0.2) is 0 Å². The second kappa shape index (κ2) is 19.4. The van der Waals surface area contributed by atoms with Gasteiger partial charge in [0.05, 0.1) is 16.4 Å². The van der Waals surface area contributed by atoms with Crippen LogP contribution in [0, 0.1) is 0 Å². The van der Waals surface area contributed by atoms with Gasteiger partial charge in [0.2, 0.25) is 0 Å². The number of hydrogen-bond donors (Lipinski definition) is 0. The van der Waals surface area contributed by atoms with Gasteiger partial charge in [-0.15, -0.1) is 11.3 Å². The van der Waals surface area contributed by atoms with Gasteiger partial charge in [-0.25, -0.2) is 0 Å². The second-order valence-corrected chi connectivity index (χ2v) is 32.1. The molecule has 0 radical (unpaired) electrons. The van der Waals surface area contributed by atoms with E-state index in [0.717, 1.165) is 29.9 Å². The van der Waals surface area contributed by atoms with E-state index >= 15 is 0 Å². The quantitative estimate of drug-likeness (QED) is 0.154. The van der Waals surface area contributed by atoms with Crippen LogP contribution in [0.2, 0.25) is 0 Å². The van der Waals surface area contributed by atoms with Crippen molar-refractivity contribution in [3.8, 4) is 11.1 Å². The maximum atomic E-state index is 2.71. The fourth-order valence-corrected chi connectivity index (χ4v) is 14.7. The molecule has 12 rings (SSSR count). The van der Waals surface area contributed by atoms with Crippen molar-refractivity contribution < 1.29 is 0 Å². The van der Waals surface area contributed by atoms with E-state index in [1.54, 1.807) is 0 Å². The summed E-state index contributed by atoms with van der Waals surface area (Å²) >= 11 is 1.97. The van der Waals surface area contributed by atoms with Crippen molar-refractivity contribution >= 4 is 95.0 Å². The minimum absolute atomic E-state index is 0.00275. The van der Waals surface area contributed by atoms with Gasteiger partial charge in [0.25, 0.3) is 6.71 Å². The molecule has 424 valence electrons. The van der Waals surface area contributed by atoms with E-state index in [4.69, 9.17) is 0 Å². The lowest BCUT2D eigenvalue weighted by Crippen LogP contribution is -2.61. The maximum Gasteiger partial charge on any atom is 0.254 e. The highest BCUT2D eigenvalue weighted by atomic mass is 32.1. The molecule has 1 aromatic heterocycles. The molecule has 0 bridgehead atoms. The predicted molar refractivity (Wildman–Crippen MR) is 365 cm³/mol. The molecule has 3 nitrogen and oxygen atoms in total. The van der Waals surface area contributed by atoms with Crippen molar-refractivity contribution in [1.82, 2.24) is 0 Å². The van der Waals surface area contributed by atoms with E-state index in [9.17, 15) is 0 Å². The maximum absolute atomic E-state index is 2.71. The van der Waals surface area contributed by atoms with E-state index in [-0.39, 0.29) is 44.6 Å². The first-order valence-corrected chi connectivity index (χ1v) is 31.5. The van der Waals surface area contributed by atoms with Gasteiger partial charge in [-0.3, -0.25) is 0 Å². The lowest BCUT2D eigenvalue weighted by atomic mass is 9.33. The molecule has 3 aliphatic rings. The Hall–Kier alpha value is -6.82. The number of thiophene rings is 1. The molecule has 2 aliphatic heterocycles. The number of benzene rings is 8. The average Bonchev–Trinajstić information content (AvgIpc) is 3.56. The third-order valence-electron chi connectivity index (χ3n) is 18.9. The molecule has 0 fully saturated rings. The van der Waals surface area contributed by atoms with Crippen LogP contribution < -0.4 is 31.1 Å². The summed E-state index contributed by atoms with van der Waals surface area (Å²) < 4.78 is 1.32. The highest BCUT2D eigenvalue weighted by molar-refractivity contribution is 7.26. The van der Waals surface area contributed by atoms with Crippen LogP contribution in [0.4, 0.5) is 50.5 Å². The van der Waals surface area contributed by atoms with Crippen molar-refractivity contribution in [3.05, 3.63) is 203 Å². The predicted octanol–water partition coefficient (Wildman–Crippen LogP) is 21.0. The molecule has 3 heterocycles. The van der Waals surface area contributed by atoms with Crippen LogP contribution in [0.3, 0.4) is 0 Å². The van der Waals surface area contributed by atoms with E-state index in [2.05, 4.69) is 310 Å². The summed E-state index contributed by atoms with van der Waals surface area (Å²) in [6.07, 6.45) is 2.28. The zero-order valence-corrected chi connectivity index (χ0v) is 54.1. The number of fused-ring (bicyclic) bond motifs is 7. The fraction of sp³-hybridized carbons (Fsp3) is 0.359. The van der Waals surface area contributed by atoms with E-state index in [1.165, 1.54) is 110 Å². The number of hydrogen-bond acceptors (Lipinski definition) is 4. The Morgan fingerprint density at radius 2 is 0.867 bits per heavy atom. The first kappa shape index (κ1) is 56.7. The number of nitrogens with zero attached hydrogens (tertiary/aromatic N) is 3. The topological polar surface area (TPSA) is 9.72 Å². The summed E-state index contributed by atoms with van der Waals surface area (Å²) in [6.45, 7) is 44.9. The van der Waals surface area contributed by atoms with Crippen molar-refractivity contribution in [1.29, 1.82) is 0 Å². The lowest BCUT2D eigenvalue weighted by Gasteiger charge is -2.47. The van der Waals surface area contributed by atoms with Crippen LogP contribution in [-0.4, -0.2) is 6.71 Å². The van der Waals surface area contributed by atoms with E-state index < -0.39 is 0 Å². The molecule has 0 amide bonds. The van der Waals surface area contributed by atoms with Crippen LogP contribution in [0.15, 0.2) is 164 Å². The third-order valence-corrected chi connectivity index (χ3v) is 20.1. The van der Waals surface area contributed by atoms with Gasteiger partial charge in [-0.1, -0.05) is 223 Å². The molecule has 0 atom stereocenters. The Labute approximate surface area is 502 Å². The largest absolute Gasteiger partial charge is 0.311 e. The summed E-state index contributed by atoms with van der Waals surface area (Å²) in [6, 6.07) is 64.8. The highest BCUT2D eigenvalue weighted by Gasteiger charge is 2.49. The molecule has 0 N–H and O–H groups in total. The van der Waals surface area contributed by atoms with Crippen LogP contribution in [0.25, 0.3) is 21.2 Å². The van der Waals surface area contributed by atoms with Crippen LogP contribution in [-0.2, 0) is 37.9 Å². The monoisotopic (exact) mass is 1110 g/mol. The van der Waals surface area contributed by atoms with Crippen molar-refractivity contribution in [2.45, 2.75) is 182 Å². The van der Waals surface area contributed by atoms with Gasteiger partial charge in [-0.05, 0) is 190 Å². The van der Waals surface area contributed by atoms with Crippen molar-refractivity contribution in [3.63, 3.8) is 0 Å². The summed E-state index contributed by atoms with van der Waals surface area (Å²) in [5, 5.41) is 2.64. The number of anilines is 9. The molecule has 5 heteroatoms. The SMILES string of the molecule is CC(C)(C)c1ccc(N(c2ccc(C(C)(C)C)cc2)c2cc3c4c(c2)N(c2ccc(C(C)(C)C)cc2-c2ccccc2)c2sc5ccc(C(C)(C)C)cc5c2B4c2cc4c(cc2N3c2ccc(C(C)(C)C)cc2)C(C)(C)CCC4(C)C)cc1. The number of rotatable bonds is 6. The molecule has 0 spiro atoms. The second-order valence-electron chi connectivity index (χ2n) is 31.1. The van der Waals surface area contributed by atoms with Gasteiger partial charge < -0.3 is 14.7 Å². The van der Waals surface area contributed by atoms with Gasteiger partial charge in [0, 0.05) is 44.4 Å². The Morgan fingerprint density at radius 1 is 0.410 bits per heavy atom. The normalized spacial score (nSPS) is 15.7. The Balaban J connectivity index is 1.27.